The Balaban J connectivity index is 1.60. The van der Waals surface area contributed by atoms with Gasteiger partial charge in [-0.25, -0.2) is 4.39 Å². The second-order valence-corrected chi connectivity index (χ2v) is 6.79. The predicted octanol–water partition coefficient (Wildman–Crippen LogP) is 6.98. The Kier molecular flexibility index (Phi) is 6.86. The second-order valence-electron chi connectivity index (χ2n) is 6.35. The molecule has 0 radical (unpaired) electrons. The Morgan fingerprint density at radius 1 is 0.963 bits per heavy atom. The molecule has 3 rings (SSSR count). The van der Waals surface area contributed by atoms with Gasteiger partial charge < -0.3 is 9.47 Å². The van der Waals surface area contributed by atoms with E-state index in [0.717, 1.165) is 17.0 Å². The van der Waals surface area contributed by atoms with Crippen LogP contribution in [0.25, 0.3) is 0 Å². The van der Waals surface area contributed by atoms with Gasteiger partial charge >= 0.3 is 0 Å². The fraction of sp³-hybridized carbons (Fsp3) is 0.217. The largest absolute Gasteiger partial charge is 0.454 e. The molecule has 0 aliphatic carbocycles. The highest BCUT2D eigenvalue weighted by Gasteiger charge is 2.11. The van der Waals surface area contributed by atoms with Gasteiger partial charge in [-0.3, -0.25) is 0 Å². The molecule has 140 valence electrons. The summed E-state index contributed by atoms with van der Waals surface area (Å²) < 4.78 is 25.6. The topological polar surface area (TPSA) is 18.5 Å². The zero-order chi connectivity index (χ0) is 19.1. The maximum absolute atomic E-state index is 14.0. The van der Waals surface area contributed by atoms with Crippen LogP contribution in [0, 0.1) is 5.82 Å². The molecule has 0 saturated carbocycles. The predicted molar refractivity (Wildman–Crippen MR) is 107 cm³/mol. The van der Waals surface area contributed by atoms with E-state index >= 15 is 0 Å². The number of halogens is 2. The van der Waals surface area contributed by atoms with Gasteiger partial charge in [-0.05, 0) is 53.9 Å². The van der Waals surface area contributed by atoms with Crippen LogP contribution in [-0.2, 0) is 11.3 Å². The number of ether oxygens (including phenoxy) is 2. The van der Waals surface area contributed by atoms with Crippen LogP contribution in [-0.4, -0.2) is 6.61 Å². The monoisotopic (exact) mass is 384 g/mol. The fourth-order valence-electron chi connectivity index (χ4n) is 2.84. The van der Waals surface area contributed by atoms with Gasteiger partial charge in [0.05, 0.1) is 13.2 Å². The molecule has 0 heterocycles. The van der Waals surface area contributed by atoms with Crippen LogP contribution in [0.3, 0.4) is 0 Å². The van der Waals surface area contributed by atoms with Crippen molar-refractivity contribution in [2.24, 2.45) is 0 Å². The quantitative estimate of drug-likeness (QED) is 0.417. The molecule has 0 spiro atoms. The van der Waals surface area contributed by atoms with Gasteiger partial charge in [-0.15, -0.1) is 0 Å². The van der Waals surface area contributed by atoms with Crippen molar-refractivity contribution in [2.45, 2.75) is 25.9 Å². The third-order valence-corrected chi connectivity index (χ3v) is 4.64. The number of hydrogen-bond acceptors (Lipinski definition) is 2. The summed E-state index contributed by atoms with van der Waals surface area (Å²) in [6, 6.07) is 21.8. The van der Waals surface area contributed by atoms with Crippen molar-refractivity contribution in [3.63, 3.8) is 0 Å². The molecule has 27 heavy (non-hydrogen) atoms. The number of hydrogen-bond donors (Lipinski definition) is 0. The van der Waals surface area contributed by atoms with Gasteiger partial charge in [0.15, 0.2) is 11.6 Å². The molecule has 0 fully saturated rings. The smallest absolute Gasteiger partial charge is 0.165 e. The molecule has 2 nitrogen and oxygen atoms in total. The minimum Gasteiger partial charge on any atom is -0.454 e. The molecule has 0 amide bonds. The van der Waals surface area contributed by atoms with E-state index < -0.39 is 5.82 Å². The second kappa shape index (κ2) is 9.54. The van der Waals surface area contributed by atoms with E-state index in [9.17, 15) is 4.39 Å². The van der Waals surface area contributed by atoms with Crippen LogP contribution in [0.1, 0.15) is 30.4 Å². The van der Waals surface area contributed by atoms with Crippen LogP contribution in [0.5, 0.6) is 11.5 Å². The van der Waals surface area contributed by atoms with Gasteiger partial charge in [0.1, 0.15) is 5.75 Å². The molecule has 0 bridgehead atoms. The van der Waals surface area contributed by atoms with E-state index in [0.29, 0.717) is 24.9 Å². The normalized spacial score (nSPS) is 12.0. The molecular formula is C23H22ClFO2. The van der Waals surface area contributed by atoms with Crippen molar-refractivity contribution in [3.8, 4) is 11.5 Å². The van der Waals surface area contributed by atoms with Crippen molar-refractivity contribution in [3.05, 3.63) is 94.8 Å². The average molecular weight is 385 g/mol. The number of benzene rings is 3. The number of para-hydroxylation sites is 1. The maximum Gasteiger partial charge on any atom is 0.165 e. The Labute approximate surface area is 164 Å². The molecule has 1 atom stereocenters. The van der Waals surface area contributed by atoms with Crippen LogP contribution in [0.15, 0.2) is 72.8 Å². The molecule has 4 heteroatoms. The molecule has 1 unspecified atom stereocenters. The van der Waals surface area contributed by atoms with E-state index in [1.165, 1.54) is 11.6 Å². The Morgan fingerprint density at radius 3 is 2.41 bits per heavy atom. The highest BCUT2D eigenvalue weighted by atomic mass is 35.5. The zero-order valence-corrected chi connectivity index (χ0v) is 16.0. The van der Waals surface area contributed by atoms with E-state index in [4.69, 9.17) is 21.1 Å². The first-order valence-corrected chi connectivity index (χ1v) is 9.38. The van der Waals surface area contributed by atoms with Crippen LogP contribution < -0.4 is 4.74 Å². The van der Waals surface area contributed by atoms with Crippen molar-refractivity contribution in [2.75, 3.05) is 6.61 Å². The van der Waals surface area contributed by atoms with Crippen molar-refractivity contribution < 1.29 is 13.9 Å². The zero-order valence-electron chi connectivity index (χ0n) is 15.2. The summed E-state index contributed by atoms with van der Waals surface area (Å²) >= 11 is 5.96. The van der Waals surface area contributed by atoms with Gasteiger partial charge in [-0.2, -0.15) is 0 Å². The summed E-state index contributed by atoms with van der Waals surface area (Å²) in [6.45, 7) is 3.12. The first-order chi connectivity index (χ1) is 13.2. The van der Waals surface area contributed by atoms with Crippen molar-refractivity contribution >= 4 is 11.6 Å². The van der Waals surface area contributed by atoms with Gasteiger partial charge in [-0.1, -0.05) is 54.9 Å². The minimum absolute atomic E-state index is 0.201. The minimum atomic E-state index is -0.393. The molecule has 0 N–H and O–H groups in total. The molecule has 0 aliphatic heterocycles. The molecule has 0 saturated heterocycles. The Bertz CT molecular complexity index is 850. The standard InChI is InChI=1S/C23H22ClFO2/c1-2-18(19-9-11-20(24)12-10-19)16-26-15-17-8-13-22(25)23(14-17)27-21-6-4-3-5-7-21/h3-14,18H,2,15-16H2,1H3. The van der Waals surface area contributed by atoms with Crippen LogP contribution >= 0.6 is 11.6 Å². The molecular weight excluding hydrogens is 363 g/mol. The SMILES string of the molecule is CCC(COCc1ccc(F)c(Oc2ccccc2)c1)c1ccc(Cl)cc1. The van der Waals surface area contributed by atoms with Crippen LogP contribution in [0.2, 0.25) is 5.02 Å². The molecule has 0 aliphatic rings. The lowest BCUT2D eigenvalue weighted by Crippen LogP contribution is -2.07. The summed E-state index contributed by atoms with van der Waals surface area (Å²) in [5.41, 5.74) is 2.07. The van der Waals surface area contributed by atoms with Gasteiger partial charge in [0, 0.05) is 10.9 Å². The first kappa shape index (κ1) is 19.4. The van der Waals surface area contributed by atoms with Crippen molar-refractivity contribution in [1.82, 2.24) is 0 Å². The number of rotatable bonds is 8. The summed E-state index contributed by atoms with van der Waals surface area (Å²) in [4.78, 5) is 0. The molecule has 3 aromatic carbocycles. The van der Waals surface area contributed by atoms with E-state index in [2.05, 4.69) is 6.92 Å². The molecule has 3 aromatic rings. The molecule has 0 aromatic heterocycles. The van der Waals surface area contributed by atoms with E-state index in [1.54, 1.807) is 24.3 Å². The van der Waals surface area contributed by atoms with E-state index in [-0.39, 0.29) is 5.75 Å². The average Bonchev–Trinajstić information content (AvgIpc) is 2.69. The first-order valence-electron chi connectivity index (χ1n) is 9.00. The lowest BCUT2D eigenvalue weighted by Gasteiger charge is -2.16. The summed E-state index contributed by atoms with van der Waals surface area (Å²) in [5, 5.41) is 0.728. The third kappa shape index (κ3) is 5.56. The maximum atomic E-state index is 14.0. The van der Waals surface area contributed by atoms with Crippen molar-refractivity contribution in [1.29, 1.82) is 0 Å². The summed E-state index contributed by atoms with van der Waals surface area (Å²) in [7, 11) is 0. The third-order valence-electron chi connectivity index (χ3n) is 4.39. The fourth-order valence-corrected chi connectivity index (χ4v) is 2.96. The lowest BCUT2D eigenvalue weighted by molar-refractivity contribution is 0.105. The van der Waals surface area contributed by atoms with E-state index in [1.807, 2.05) is 42.5 Å². The summed E-state index contributed by atoms with van der Waals surface area (Å²) in [5.74, 6) is 0.702. The summed E-state index contributed by atoms with van der Waals surface area (Å²) in [6.07, 6.45) is 0.966. The highest BCUT2D eigenvalue weighted by Crippen LogP contribution is 2.26. The Hall–Kier alpha value is -2.36. The highest BCUT2D eigenvalue weighted by molar-refractivity contribution is 6.30. The Morgan fingerprint density at radius 2 is 1.70 bits per heavy atom. The van der Waals surface area contributed by atoms with Gasteiger partial charge in [0.2, 0.25) is 0 Å². The van der Waals surface area contributed by atoms with Crippen LogP contribution in [0.4, 0.5) is 4.39 Å². The van der Waals surface area contributed by atoms with Gasteiger partial charge in [0.25, 0.3) is 0 Å². The lowest BCUT2D eigenvalue weighted by atomic mass is 9.97.